The van der Waals surface area contributed by atoms with Crippen LogP contribution in [0.15, 0.2) is 474 Å². The fourth-order valence-corrected chi connectivity index (χ4v) is 20.8. The SMILES string of the molecule is c1ccc(-c2ccccc2-c2c3ccccc3c(-c3c4ccccc4cc4c3oc3ccccc34)c3ccccc23)cc1.c1ccc(-c2ccccc2-c2c3ccccc3c(-c3ccc4oc5ccc6ccccc6c5c4c3)c3ccccc23)cc1.c1ccc2cc(-c3c4ccccc4c(-c4ccc5oc6ccc7ccccc7c6c5c4)c4ccccc34)ccc2c1. The molecule has 0 saturated carbocycles. The molecule has 27 aromatic rings. The van der Waals surface area contributed by atoms with Crippen LogP contribution in [0, 0.1) is 0 Å². The maximum Gasteiger partial charge on any atom is 0.143 e. The summed E-state index contributed by atoms with van der Waals surface area (Å²) in [5.41, 5.74) is 25.3. The van der Waals surface area contributed by atoms with Crippen molar-refractivity contribution in [2.45, 2.75) is 0 Å². The lowest BCUT2D eigenvalue weighted by atomic mass is 9.82. The van der Waals surface area contributed by atoms with Crippen molar-refractivity contribution in [3.8, 4) is 89.0 Å². The van der Waals surface area contributed by atoms with E-state index >= 15 is 0 Å². The number of benzene rings is 24. The van der Waals surface area contributed by atoms with Crippen molar-refractivity contribution in [2.24, 2.45) is 0 Å². The molecule has 0 fully saturated rings. The maximum absolute atomic E-state index is 6.74. The van der Waals surface area contributed by atoms with Crippen LogP contribution < -0.4 is 0 Å². The number of hydrogen-bond acceptors (Lipinski definition) is 3. The van der Waals surface area contributed by atoms with Gasteiger partial charge in [-0.15, -0.1) is 0 Å². The first-order valence-corrected chi connectivity index (χ1v) is 43.7. The van der Waals surface area contributed by atoms with Crippen LogP contribution in [0.25, 0.3) is 263 Å². The smallest absolute Gasteiger partial charge is 0.143 e. The number of para-hydroxylation sites is 1. The monoisotopic (exact) mass is 1610 g/mol. The molecule has 0 aliphatic heterocycles. The topological polar surface area (TPSA) is 39.4 Å². The van der Waals surface area contributed by atoms with Gasteiger partial charge in [-0.25, -0.2) is 0 Å². The normalized spacial score (nSPS) is 11.8. The van der Waals surface area contributed by atoms with Crippen molar-refractivity contribution in [1.82, 2.24) is 0 Å². The molecule has 0 unspecified atom stereocenters. The van der Waals surface area contributed by atoms with Crippen LogP contribution in [0.1, 0.15) is 0 Å². The Morgan fingerprint density at radius 1 is 0.118 bits per heavy atom. The van der Waals surface area contributed by atoms with Crippen LogP contribution in [-0.2, 0) is 0 Å². The summed E-state index contributed by atoms with van der Waals surface area (Å²) < 4.78 is 19.4. The highest BCUT2D eigenvalue weighted by Crippen LogP contribution is 2.54. The fourth-order valence-electron chi connectivity index (χ4n) is 20.8. The van der Waals surface area contributed by atoms with Gasteiger partial charge in [0.15, 0.2) is 0 Å². The van der Waals surface area contributed by atoms with E-state index in [0.29, 0.717) is 0 Å². The zero-order valence-corrected chi connectivity index (χ0v) is 69.1. The molecule has 0 aliphatic rings. The van der Waals surface area contributed by atoms with E-state index in [4.69, 9.17) is 13.3 Å². The van der Waals surface area contributed by atoms with Gasteiger partial charge in [0.25, 0.3) is 0 Å². The van der Waals surface area contributed by atoms with Crippen LogP contribution in [0.3, 0.4) is 0 Å². The van der Waals surface area contributed by atoms with E-state index in [1.807, 2.05) is 6.07 Å². The van der Waals surface area contributed by atoms with Gasteiger partial charge in [-0.1, -0.05) is 406 Å². The molecule has 0 atom stereocenters. The second kappa shape index (κ2) is 30.1. The number of furan rings is 3. The fraction of sp³-hybridized carbons (Fsp3) is 0. The Balaban J connectivity index is 0.000000104. The third kappa shape index (κ3) is 12.0. The number of fused-ring (bicyclic) bond motifs is 21. The van der Waals surface area contributed by atoms with E-state index < -0.39 is 0 Å². The Labute approximate surface area is 731 Å². The molecule has 0 spiro atoms. The molecule has 3 heteroatoms. The molecular formula is C124H76O3. The molecule has 3 aromatic heterocycles. The van der Waals surface area contributed by atoms with Gasteiger partial charge in [0.1, 0.15) is 33.5 Å². The largest absolute Gasteiger partial charge is 0.456 e. The van der Waals surface area contributed by atoms with Crippen molar-refractivity contribution in [3.05, 3.63) is 461 Å². The van der Waals surface area contributed by atoms with Crippen LogP contribution in [0.4, 0.5) is 0 Å². The van der Waals surface area contributed by atoms with Crippen molar-refractivity contribution >= 4 is 174 Å². The zero-order valence-electron chi connectivity index (χ0n) is 69.1. The van der Waals surface area contributed by atoms with Crippen molar-refractivity contribution < 1.29 is 13.3 Å². The van der Waals surface area contributed by atoms with Gasteiger partial charge < -0.3 is 13.3 Å². The highest BCUT2D eigenvalue weighted by Gasteiger charge is 2.27. The lowest BCUT2D eigenvalue weighted by molar-refractivity contribution is 0.669. The van der Waals surface area contributed by atoms with E-state index in [2.05, 4.69) is 455 Å². The van der Waals surface area contributed by atoms with Crippen LogP contribution >= 0.6 is 0 Å². The molecule has 3 nitrogen and oxygen atoms in total. The molecular weight excluding hydrogens is 1540 g/mol. The average molecular weight is 1610 g/mol. The molecule has 0 amide bonds. The van der Waals surface area contributed by atoms with Gasteiger partial charge in [-0.05, 0) is 240 Å². The van der Waals surface area contributed by atoms with Crippen molar-refractivity contribution in [1.29, 1.82) is 0 Å². The van der Waals surface area contributed by atoms with Crippen molar-refractivity contribution in [3.63, 3.8) is 0 Å². The average Bonchev–Trinajstić information content (AvgIpc) is 1.71. The van der Waals surface area contributed by atoms with Gasteiger partial charge in [-0.2, -0.15) is 0 Å². The predicted octanol–water partition coefficient (Wildman–Crippen LogP) is 35.6. The minimum absolute atomic E-state index is 0.913. The van der Waals surface area contributed by atoms with Gasteiger partial charge in [0.05, 0.1) is 0 Å². The molecule has 3 heterocycles. The summed E-state index contributed by atoms with van der Waals surface area (Å²) in [6.07, 6.45) is 0. The standard InChI is InChI=1S/2C42H26O.C40H24O/c1-2-14-27(15-3-1)29-17-6-7-20-32(29)39-33-21-8-10-23-35(33)40(36-24-11-9-22-34(36)39)41-30-18-5-4-16-28(30)26-37-31-19-12-13-25-38(31)43-42(37)41;1-2-12-27(13-3-1)30-15-6-7-17-32(30)41-35-20-10-8-18-33(35)40(34-19-9-11-21-36(34)41)29-23-24-38-37(26-29)42-31-16-5-4-14-28(31)22-25-39(42)43-38;1-2-11-27-23-28(18-17-25(27)9-1)38-31-13-5-7-15-33(31)39(34-16-8-6-14-32(34)38)29-20-21-36-35(24-29)40-30-12-4-3-10-26(30)19-22-37(40)41-36/h2*1-26H;1-24H. The molecule has 27 rings (SSSR count). The molecule has 0 N–H and O–H groups in total. The lowest BCUT2D eigenvalue weighted by Gasteiger charge is -2.20. The van der Waals surface area contributed by atoms with E-state index in [0.717, 1.165) is 60.6 Å². The second-order valence-electron chi connectivity index (χ2n) is 33.3. The van der Waals surface area contributed by atoms with Crippen LogP contribution in [-0.4, -0.2) is 0 Å². The first-order chi connectivity index (χ1) is 63.0. The summed E-state index contributed by atoms with van der Waals surface area (Å²) in [5, 5.41) is 31.7. The van der Waals surface area contributed by atoms with Crippen molar-refractivity contribution in [2.75, 3.05) is 0 Å². The Morgan fingerprint density at radius 3 is 0.843 bits per heavy atom. The molecule has 590 valence electrons. The summed E-state index contributed by atoms with van der Waals surface area (Å²) in [5.74, 6) is 0. The van der Waals surface area contributed by atoms with Gasteiger partial charge >= 0.3 is 0 Å². The maximum atomic E-state index is 6.74. The van der Waals surface area contributed by atoms with Gasteiger partial charge in [-0.3, -0.25) is 0 Å². The van der Waals surface area contributed by atoms with E-state index in [-0.39, 0.29) is 0 Å². The second-order valence-corrected chi connectivity index (χ2v) is 33.3. The molecule has 0 radical (unpaired) electrons. The molecule has 127 heavy (non-hydrogen) atoms. The minimum atomic E-state index is 0.913. The first-order valence-electron chi connectivity index (χ1n) is 43.7. The molecule has 24 aromatic carbocycles. The summed E-state index contributed by atoms with van der Waals surface area (Å²) in [4.78, 5) is 0. The number of rotatable bonds is 8. The highest BCUT2D eigenvalue weighted by atomic mass is 16.3. The van der Waals surface area contributed by atoms with Crippen LogP contribution in [0.2, 0.25) is 0 Å². The Bertz CT molecular complexity index is 8990. The minimum Gasteiger partial charge on any atom is -0.456 e. The van der Waals surface area contributed by atoms with E-state index in [1.54, 1.807) is 0 Å². The Morgan fingerprint density at radius 2 is 0.409 bits per heavy atom. The lowest BCUT2D eigenvalue weighted by Crippen LogP contribution is -1.93. The Kier molecular flexibility index (Phi) is 17.3. The highest BCUT2D eigenvalue weighted by molar-refractivity contribution is 6.31. The van der Waals surface area contributed by atoms with E-state index in [9.17, 15) is 0 Å². The zero-order chi connectivity index (χ0) is 83.6. The molecule has 0 aliphatic carbocycles. The quantitative estimate of drug-likeness (QED) is 0.142. The molecule has 0 bridgehead atoms. The Hall–Kier alpha value is -16.7. The van der Waals surface area contributed by atoms with Gasteiger partial charge in [0, 0.05) is 43.4 Å². The predicted molar refractivity (Wildman–Crippen MR) is 540 cm³/mol. The summed E-state index contributed by atoms with van der Waals surface area (Å²) in [7, 11) is 0. The third-order valence-electron chi connectivity index (χ3n) is 26.3. The summed E-state index contributed by atoms with van der Waals surface area (Å²) >= 11 is 0. The first kappa shape index (κ1) is 73.0. The molecule has 0 saturated heterocycles. The van der Waals surface area contributed by atoms with E-state index in [1.165, 1.54) is 202 Å². The summed E-state index contributed by atoms with van der Waals surface area (Å²) in [6, 6.07) is 166. The third-order valence-corrected chi connectivity index (χ3v) is 26.3. The van der Waals surface area contributed by atoms with Crippen LogP contribution in [0.5, 0.6) is 0 Å². The summed E-state index contributed by atoms with van der Waals surface area (Å²) in [6.45, 7) is 0. The number of hydrogen-bond donors (Lipinski definition) is 0. The van der Waals surface area contributed by atoms with Gasteiger partial charge in [0.2, 0.25) is 0 Å².